The standard InChI is InChI=1S/C27H34ClN7O2/c1-8-9-23(36)34-13-17(14-34)31-26(37)24-16(4)30-22(35(24)15(2)3)12-29-25-18-10-19(27(5,6)7)20(28)11-21(18)32-33-25/h10-11,15,17H,12-14H2,1-7H3,(H,31,37)(H2,29,32,33). The Morgan fingerprint density at radius 1 is 1.27 bits per heavy atom. The van der Waals surface area contributed by atoms with Gasteiger partial charge in [0.15, 0.2) is 5.82 Å². The third kappa shape index (κ3) is 5.30. The number of hydrogen-bond donors (Lipinski definition) is 3. The summed E-state index contributed by atoms with van der Waals surface area (Å²) in [6, 6.07) is 3.88. The largest absolute Gasteiger partial charge is 0.361 e. The molecule has 4 rings (SSSR count). The van der Waals surface area contributed by atoms with Crippen LogP contribution in [0.1, 0.15) is 75.2 Å². The first kappa shape index (κ1) is 26.6. The topological polar surface area (TPSA) is 108 Å². The van der Waals surface area contributed by atoms with Crippen molar-refractivity contribution in [1.29, 1.82) is 0 Å². The van der Waals surface area contributed by atoms with E-state index in [1.165, 1.54) is 0 Å². The average molecular weight is 524 g/mol. The van der Waals surface area contributed by atoms with Gasteiger partial charge in [-0.25, -0.2) is 4.98 Å². The molecule has 3 aromatic rings. The Balaban J connectivity index is 1.53. The first-order valence-electron chi connectivity index (χ1n) is 12.4. The predicted molar refractivity (Wildman–Crippen MR) is 146 cm³/mol. The number of aryl methyl sites for hydroxylation is 1. The molecule has 2 aromatic heterocycles. The van der Waals surface area contributed by atoms with Gasteiger partial charge in [-0.15, -0.1) is 0 Å². The average Bonchev–Trinajstić information content (AvgIpc) is 3.32. The van der Waals surface area contributed by atoms with E-state index in [1.54, 1.807) is 11.8 Å². The van der Waals surface area contributed by atoms with E-state index in [9.17, 15) is 9.59 Å². The van der Waals surface area contributed by atoms with Gasteiger partial charge in [0.1, 0.15) is 11.5 Å². The minimum Gasteiger partial charge on any atom is -0.361 e. The van der Waals surface area contributed by atoms with E-state index in [2.05, 4.69) is 59.5 Å². The molecule has 0 atom stereocenters. The highest BCUT2D eigenvalue weighted by molar-refractivity contribution is 6.32. The molecule has 9 nitrogen and oxygen atoms in total. The number of halogens is 1. The summed E-state index contributed by atoms with van der Waals surface area (Å²) in [5, 5.41) is 15.6. The third-order valence-electron chi connectivity index (χ3n) is 6.50. The van der Waals surface area contributed by atoms with E-state index < -0.39 is 0 Å². The second-order valence-corrected chi connectivity index (χ2v) is 11.1. The Kier molecular flexibility index (Phi) is 7.24. The monoisotopic (exact) mass is 523 g/mol. The Morgan fingerprint density at radius 2 is 1.97 bits per heavy atom. The first-order chi connectivity index (χ1) is 17.4. The van der Waals surface area contributed by atoms with Gasteiger partial charge in [-0.3, -0.25) is 14.7 Å². The molecule has 1 aromatic carbocycles. The quantitative estimate of drug-likeness (QED) is 0.420. The molecule has 1 aliphatic heterocycles. The molecule has 37 heavy (non-hydrogen) atoms. The number of carbonyl (C=O) groups excluding carboxylic acids is 2. The minimum absolute atomic E-state index is 0.0141. The zero-order valence-corrected chi connectivity index (χ0v) is 23.2. The van der Waals surface area contributed by atoms with E-state index in [4.69, 9.17) is 16.6 Å². The summed E-state index contributed by atoms with van der Waals surface area (Å²) in [5.74, 6) is 6.17. The highest BCUT2D eigenvalue weighted by Crippen LogP contribution is 2.34. The molecular weight excluding hydrogens is 490 g/mol. The van der Waals surface area contributed by atoms with Gasteiger partial charge in [-0.05, 0) is 56.7 Å². The summed E-state index contributed by atoms with van der Waals surface area (Å²) in [6.45, 7) is 15.2. The van der Waals surface area contributed by atoms with Crippen LogP contribution in [0.4, 0.5) is 5.82 Å². The maximum Gasteiger partial charge on any atom is 0.298 e. The first-order valence-corrected chi connectivity index (χ1v) is 12.8. The van der Waals surface area contributed by atoms with Crippen LogP contribution in [0.2, 0.25) is 5.02 Å². The van der Waals surface area contributed by atoms with Crippen molar-refractivity contribution in [3.63, 3.8) is 0 Å². The van der Waals surface area contributed by atoms with Crippen molar-refractivity contribution in [3.8, 4) is 11.8 Å². The van der Waals surface area contributed by atoms with Crippen LogP contribution < -0.4 is 10.6 Å². The van der Waals surface area contributed by atoms with Crippen LogP contribution in [-0.2, 0) is 16.8 Å². The maximum absolute atomic E-state index is 13.2. The van der Waals surface area contributed by atoms with Crippen LogP contribution >= 0.6 is 11.6 Å². The van der Waals surface area contributed by atoms with Crippen LogP contribution in [0.15, 0.2) is 12.1 Å². The number of aromatic amines is 1. The van der Waals surface area contributed by atoms with Crippen LogP contribution in [0.5, 0.6) is 0 Å². The second-order valence-electron chi connectivity index (χ2n) is 10.7. The number of anilines is 1. The molecule has 10 heteroatoms. The zero-order chi connectivity index (χ0) is 27.1. The molecule has 0 aliphatic carbocycles. The molecule has 0 bridgehead atoms. The number of imidazole rings is 1. The summed E-state index contributed by atoms with van der Waals surface area (Å²) in [6.07, 6.45) is 0. The molecule has 1 fully saturated rings. The van der Waals surface area contributed by atoms with Crippen LogP contribution in [0.3, 0.4) is 0 Å². The number of hydrogen-bond acceptors (Lipinski definition) is 5. The number of amides is 2. The predicted octanol–water partition coefficient (Wildman–Crippen LogP) is 4.18. The summed E-state index contributed by atoms with van der Waals surface area (Å²) in [5.41, 5.74) is 2.96. The number of aromatic nitrogens is 4. The molecule has 2 amide bonds. The van der Waals surface area contributed by atoms with Crippen molar-refractivity contribution in [2.24, 2.45) is 0 Å². The molecule has 1 saturated heterocycles. The lowest BCUT2D eigenvalue weighted by atomic mass is 9.86. The lowest BCUT2D eigenvalue weighted by molar-refractivity contribution is -0.129. The minimum atomic E-state index is -0.215. The smallest absolute Gasteiger partial charge is 0.298 e. The Hall–Kier alpha value is -3.51. The van der Waals surface area contributed by atoms with Crippen LogP contribution in [0.25, 0.3) is 10.9 Å². The fourth-order valence-electron chi connectivity index (χ4n) is 4.64. The van der Waals surface area contributed by atoms with Gasteiger partial charge in [-0.1, -0.05) is 38.3 Å². The number of carbonyl (C=O) groups is 2. The number of H-pyrrole nitrogens is 1. The SMILES string of the molecule is CC#CC(=O)N1CC(NC(=O)c2c(C)nc(CNc3n[nH]c4cc(Cl)c(C(C)(C)C)cc34)n2C(C)C)C1. The van der Waals surface area contributed by atoms with Gasteiger partial charge in [0.25, 0.3) is 11.8 Å². The highest BCUT2D eigenvalue weighted by atomic mass is 35.5. The Bertz CT molecular complexity index is 1410. The molecule has 196 valence electrons. The van der Waals surface area contributed by atoms with Crippen molar-refractivity contribution >= 4 is 40.1 Å². The molecule has 3 N–H and O–H groups in total. The zero-order valence-electron chi connectivity index (χ0n) is 22.4. The van der Waals surface area contributed by atoms with E-state index in [0.29, 0.717) is 41.9 Å². The van der Waals surface area contributed by atoms with E-state index in [-0.39, 0.29) is 29.3 Å². The van der Waals surface area contributed by atoms with Crippen molar-refractivity contribution < 1.29 is 9.59 Å². The van der Waals surface area contributed by atoms with E-state index in [1.807, 2.05) is 31.4 Å². The normalized spacial score (nSPS) is 13.9. The molecule has 0 spiro atoms. The summed E-state index contributed by atoms with van der Waals surface area (Å²) >= 11 is 6.52. The number of benzene rings is 1. The Morgan fingerprint density at radius 3 is 2.59 bits per heavy atom. The Labute approximate surface area is 222 Å². The highest BCUT2D eigenvalue weighted by Gasteiger charge is 2.33. The van der Waals surface area contributed by atoms with Crippen molar-refractivity contribution in [2.45, 2.75) is 72.5 Å². The van der Waals surface area contributed by atoms with Crippen molar-refractivity contribution in [3.05, 3.63) is 39.9 Å². The van der Waals surface area contributed by atoms with Gasteiger partial charge in [0, 0.05) is 29.5 Å². The van der Waals surface area contributed by atoms with E-state index >= 15 is 0 Å². The van der Waals surface area contributed by atoms with Gasteiger partial charge in [0.05, 0.1) is 23.8 Å². The molecule has 0 saturated carbocycles. The molecular formula is C27H34ClN7O2. The van der Waals surface area contributed by atoms with Crippen LogP contribution in [-0.4, -0.2) is 55.6 Å². The van der Waals surface area contributed by atoms with E-state index in [0.717, 1.165) is 22.3 Å². The van der Waals surface area contributed by atoms with Gasteiger partial charge >= 0.3 is 0 Å². The fourth-order valence-corrected chi connectivity index (χ4v) is 5.09. The van der Waals surface area contributed by atoms with Crippen LogP contribution in [0, 0.1) is 18.8 Å². The summed E-state index contributed by atoms with van der Waals surface area (Å²) < 4.78 is 1.95. The molecule has 0 unspecified atom stereocenters. The number of likely N-dealkylation sites (tertiary alicyclic amines) is 1. The van der Waals surface area contributed by atoms with Crippen molar-refractivity contribution in [1.82, 2.24) is 30.0 Å². The number of nitrogens with zero attached hydrogens (tertiary/aromatic N) is 4. The van der Waals surface area contributed by atoms with Crippen molar-refractivity contribution in [2.75, 3.05) is 18.4 Å². The fraction of sp³-hybridized carbons (Fsp3) is 0.481. The molecule has 1 aliphatic rings. The summed E-state index contributed by atoms with van der Waals surface area (Å²) in [7, 11) is 0. The number of fused-ring (bicyclic) bond motifs is 1. The lowest BCUT2D eigenvalue weighted by Crippen LogP contribution is -2.61. The summed E-state index contributed by atoms with van der Waals surface area (Å²) in [4.78, 5) is 31.4. The second kappa shape index (κ2) is 10.1. The van der Waals surface area contributed by atoms with Gasteiger partial charge in [0.2, 0.25) is 0 Å². The number of nitrogens with one attached hydrogen (secondary N) is 3. The van der Waals surface area contributed by atoms with Gasteiger partial charge < -0.3 is 20.1 Å². The third-order valence-corrected chi connectivity index (χ3v) is 6.81. The number of rotatable bonds is 6. The molecule has 0 radical (unpaired) electrons. The van der Waals surface area contributed by atoms with Gasteiger partial charge in [-0.2, -0.15) is 5.10 Å². The molecule has 3 heterocycles. The lowest BCUT2D eigenvalue weighted by Gasteiger charge is -2.38. The maximum atomic E-state index is 13.2.